The number of aromatic nitrogens is 2. The number of carbonyl (C=O) groups is 1. The zero-order valence-corrected chi connectivity index (χ0v) is 10.2. The van der Waals surface area contributed by atoms with Crippen LogP contribution in [0.1, 0.15) is 13.8 Å². The molecule has 6 nitrogen and oxygen atoms in total. The van der Waals surface area contributed by atoms with E-state index in [0.29, 0.717) is 23.5 Å². The molecule has 0 aromatic carbocycles. The Bertz CT molecular complexity index is 557. The highest BCUT2D eigenvalue weighted by molar-refractivity contribution is 5.63. The van der Waals surface area contributed by atoms with Gasteiger partial charge in [0.2, 0.25) is 0 Å². The van der Waals surface area contributed by atoms with Gasteiger partial charge in [0.15, 0.2) is 5.75 Å². The second-order valence-corrected chi connectivity index (χ2v) is 4.52. The van der Waals surface area contributed by atoms with Crippen molar-refractivity contribution in [3.8, 4) is 11.5 Å². The highest BCUT2D eigenvalue weighted by atomic mass is 16.5. The summed E-state index contributed by atoms with van der Waals surface area (Å²) in [6, 6.07) is 3.45. The minimum absolute atomic E-state index is 0.178. The standard InChI is InChI=1S/C12H14N2O4/c1-12(2,16)7-17-9-3-4-10-11(18-8-15)5-13-14(10)6-9/h3-6,8,16H,7H2,1-2H3. The Hall–Kier alpha value is -2.08. The number of nitrogens with zero attached hydrogens (tertiary/aromatic N) is 2. The van der Waals surface area contributed by atoms with Gasteiger partial charge >= 0.3 is 0 Å². The highest BCUT2D eigenvalue weighted by Gasteiger charge is 2.14. The number of ether oxygens (including phenoxy) is 2. The van der Waals surface area contributed by atoms with E-state index in [2.05, 4.69) is 5.10 Å². The van der Waals surface area contributed by atoms with Crippen LogP contribution >= 0.6 is 0 Å². The van der Waals surface area contributed by atoms with Crippen molar-refractivity contribution in [3.63, 3.8) is 0 Å². The molecule has 0 unspecified atom stereocenters. The topological polar surface area (TPSA) is 73.1 Å². The van der Waals surface area contributed by atoms with Gasteiger partial charge in [-0.1, -0.05) is 0 Å². The van der Waals surface area contributed by atoms with E-state index in [4.69, 9.17) is 9.47 Å². The average molecular weight is 250 g/mol. The van der Waals surface area contributed by atoms with Crippen LogP contribution in [0.2, 0.25) is 0 Å². The summed E-state index contributed by atoms with van der Waals surface area (Å²) >= 11 is 0. The minimum Gasteiger partial charge on any atom is -0.489 e. The van der Waals surface area contributed by atoms with Crippen LogP contribution in [0.4, 0.5) is 0 Å². The Labute approximate surface area is 104 Å². The van der Waals surface area contributed by atoms with Gasteiger partial charge in [-0.3, -0.25) is 4.79 Å². The fraction of sp³-hybridized carbons (Fsp3) is 0.333. The molecule has 0 aliphatic carbocycles. The van der Waals surface area contributed by atoms with Crippen LogP contribution in [0.5, 0.6) is 11.5 Å². The first-order chi connectivity index (χ1) is 8.49. The first-order valence-corrected chi connectivity index (χ1v) is 5.42. The van der Waals surface area contributed by atoms with E-state index in [0.717, 1.165) is 0 Å². The van der Waals surface area contributed by atoms with Crippen molar-refractivity contribution >= 4 is 12.0 Å². The molecule has 0 saturated heterocycles. The third-order valence-corrected chi connectivity index (χ3v) is 2.22. The molecule has 96 valence electrons. The van der Waals surface area contributed by atoms with Gasteiger partial charge in [0.25, 0.3) is 6.47 Å². The lowest BCUT2D eigenvalue weighted by Crippen LogP contribution is -2.27. The summed E-state index contributed by atoms with van der Waals surface area (Å²) < 4.78 is 11.7. The Morgan fingerprint density at radius 1 is 1.50 bits per heavy atom. The van der Waals surface area contributed by atoms with Crippen molar-refractivity contribution in [2.75, 3.05) is 6.61 Å². The average Bonchev–Trinajstić information content (AvgIpc) is 2.69. The molecule has 0 radical (unpaired) electrons. The summed E-state index contributed by atoms with van der Waals surface area (Å²) in [5.41, 5.74) is -0.233. The Kier molecular flexibility index (Phi) is 3.20. The molecule has 18 heavy (non-hydrogen) atoms. The number of carbonyl (C=O) groups excluding carboxylic acids is 1. The molecule has 1 N–H and O–H groups in total. The number of fused-ring (bicyclic) bond motifs is 1. The number of pyridine rings is 1. The molecule has 2 aromatic heterocycles. The molecule has 0 fully saturated rings. The van der Waals surface area contributed by atoms with Crippen LogP contribution in [0.3, 0.4) is 0 Å². The molecule has 0 aliphatic heterocycles. The largest absolute Gasteiger partial charge is 0.489 e. The van der Waals surface area contributed by atoms with Crippen molar-refractivity contribution in [1.82, 2.24) is 9.61 Å². The van der Waals surface area contributed by atoms with Gasteiger partial charge in [0.05, 0.1) is 18.0 Å². The smallest absolute Gasteiger partial charge is 0.298 e. The van der Waals surface area contributed by atoms with E-state index in [1.54, 1.807) is 36.7 Å². The second-order valence-electron chi connectivity index (χ2n) is 4.52. The lowest BCUT2D eigenvalue weighted by molar-refractivity contribution is -0.120. The number of rotatable bonds is 5. The summed E-state index contributed by atoms with van der Waals surface area (Å²) in [6.45, 7) is 3.86. The van der Waals surface area contributed by atoms with Crippen LogP contribution in [-0.4, -0.2) is 33.4 Å². The normalized spacial score (nSPS) is 11.5. The Balaban J connectivity index is 2.20. The molecule has 0 saturated carbocycles. The van der Waals surface area contributed by atoms with Crippen molar-refractivity contribution < 1.29 is 19.4 Å². The zero-order valence-electron chi connectivity index (χ0n) is 10.2. The van der Waals surface area contributed by atoms with Crippen LogP contribution in [0.15, 0.2) is 24.5 Å². The van der Waals surface area contributed by atoms with Gasteiger partial charge in [0.1, 0.15) is 17.9 Å². The highest BCUT2D eigenvalue weighted by Crippen LogP contribution is 2.22. The fourth-order valence-corrected chi connectivity index (χ4v) is 1.43. The molecule has 0 aliphatic rings. The SMILES string of the molecule is CC(C)(O)COc1ccc2c(OC=O)cnn2c1. The summed E-state index contributed by atoms with van der Waals surface area (Å²) in [5, 5.41) is 13.6. The van der Waals surface area contributed by atoms with Gasteiger partial charge in [0, 0.05) is 0 Å². The number of hydrogen-bond acceptors (Lipinski definition) is 5. The van der Waals surface area contributed by atoms with E-state index in [1.165, 1.54) is 6.20 Å². The van der Waals surface area contributed by atoms with Gasteiger partial charge in [-0.2, -0.15) is 5.10 Å². The molecule has 0 spiro atoms. The van der Waals surface area contributed by atoms with E-state index >= 15 is 0 Å². The molecule has 0 atom stereocenters. The van der Waals surface area contributed by atoms with Gasteiger partial charge in [-0.25, -0.2) is 4.52 Å². The number of hydrogen-bond donors (Lipinski definition) is 1. The van der Waals surface area contributed by atoms with E-state index in [-0.39, 0.29) is 6.61 Å². The predicted octanol–water partition coefficient (Wildman–Crippen LogP) is 1.02. The van der Waals surface area contributed by atoms with Crippen LogP contribution in [0.25, 0.3) is 5.52 Å². The first-order valence-electron chi connectivity index (χ1n) is 5.42. The maximum Gasteiger partial charge on any atom is 0.298 e. The summed E-state index contributed by atoms with van der Waals surface area (Å²) in [5.74, 6) is 0.962. The molecule has 0 bridgehead atoms. The molecule has 0 amide bonds. The lowest BCUT2D eigenvalue weighted by Gasteiger charge is -2.17. The first kappa shape index (κ1) is 12.4. The second kappa shape index (κ2) is 4.66. The third kappa shape index (κ3) is 2.78. The fourth-order valence-electron chi connectivity index (χ4n) is 1.43. The van der Waals surface area contributed by atoms with E-state index in [9.17, 15) is 9.90 Å². The summed E-state index contributed by atoms with van der Waals surface area (Å²) in [4.78, 5) is 10.3. The van der Waals surface area contributed by atoms with Crippen molar-refractivity contribution in [3.05, 3.63) is 24.5 Å². The summed E-state index contributed by atoms with van der Waals surface area (Å²) in [7, 11) is 0. The Morgan fingerprint density at radius 2 is 2.28 bits per heavy atom. The maximum atomic E-state index is 10.3. The molecule has 2 rings (SSSR count). The van der Waals surface area contributed by atoms with Crippen LogP contribution < -0.4 is 9.47 Å². The van der Waals surface area contributed by atoms with Gasteiger partial charge in [-0.15, -0.1) is 0 Å². The van der Waals surface area contributed by atoms with E-state index in [1.807, 2.05) is 0 Å². The zero-order chi connectivity index (χ0) is 13.2. The minimum atomic E-state index is -0.898. The molecular weight excluding hydrogens is 236 g/mol. The third-order valence-electron chi connectivity index (χ3n) is 2.22. The van der Waals surface area contributed by atoms with Gasteiger partial charge < -0.3 is 14.6 Å². The molecular formula is C12H14N2O4. The monoisotopic (exact) mass is 250 g/mol. The maximum absolute atomic E-state index is 10.3. The molecule has 6 heteroatoms. The van der Waals surface area contributed by atoms with Gasteiger partial charge in [-0.05, 0) is 26.0 Å². The predicted molar refractivity (Wildman–Crippen MR) is 63.7 cm³/mol. The van der Waals surface area contributed by atoms with Crippen molar-refractivity contribution in [1.29, 1.82) is 0 Å². The Morgan fingerprint density at radius 3 is 2.94 bits per heavy atom. The van der Waals surface area contributed by atoms with Crippen molar-refractivity contribution in [2.24, 2.45) is 0 Å². The molecule has 2 aromatic rings. The van der Waals surface area contributed by atoms with Crippen LogP contribution in [-0.2, 0) is 4.79 Å². The quantitative estimate of drug-likeness (QED) is 0.802. The number of aliphatic hydroxyl groups is 1. The summed E-state index contributed by atoms with van der Waals surface area (Å²) in [6.07, 6.45) is 3.10. The van der Waals surface area contributed by atoms with E-state index < -0.39 is 5.60 Å². The van der Waals surface area contributed by atoms with Crippen molar-refractivity contribution in [2.45, 2.75) is 19.4 Å². The van der Waals surface area contributed by atoms with Crippen LogP contribution in [0, 0.1) is 0 Å². The lowest BCUT2D eigenvalue weighted by atomic mass is 10.2. The molecule has 2 heterocycles.